The average molecular weight is 568 g/mol. The van der Waals surface area contributed by atoms with Crippen LogP contribution in [0.4, 0.5) is 16.0 Å². The highest BCUT2D eigenvalue weighted by molar-refractivity contribution is 7.97. The van der Waals surface area contributed by atoms with Crippen LogP contribution in [0.1, 0.15) is 25.3 Å². The van der Waals surface area contributed by atoms with Crippen molar-refractivity contribution in [3.63, 3.8) is 0 Å². The second kappa shape index (κ2) is 12.4. The number of piperazine rings is 1. The molecule has 1 saturated heterocycles. The van der Waals surface area contributed by atoms with E-state index in [9.17, 15) is 8.42 Å². The van der Waals surface area contributed by atoms with Gasteiger partial charge in [-0.15, -0.1) is 0 Å². The summed E-state index contributed by atoms with van der Waals surface area (Å²) in [7, 11) is -0.706. The predicted octanol–water partition coefficient (Wildman–Crippen LogP) is 4.19. The molecule has 12 heteroatoms. The van der Waals surface area contributed by atoms with Crippen LogP contribution in [0.15, 0.2) is 64.6 Å². The molecule has 0 amide bonds. The lowest BCUT2D eigenvalue weighted by atomic mass is 9.95. The number of ether oxygens (including phenoxy) is 1. The number of nitrogens with two attached hydrogens (primary N) is 1. The minimum absolute atomic E-state index is 0.0295. The summed E-state index contributed by atoms with van der Waals surface area (Å²) in [6, 6.07) is 14.1. The van der Waals surface area contributed by atoms with Crippen molar-refractivity contribution in [2.24, 2.45) is 10.7 Å². The summed E-state index contributed by atoms with van der Waals surface area (Å²) >= 11 is 0. The summed E-state index contributed by atoms with van der Waals surface area (Å²) < 4.78 is 49.9. The van der Waals surface area contributed by atoms with Gasteiger partial charge in [-0.25, -0.2) is 22.5 Å². The van der Waals surface area contributed by atoms with Crippen molar-refractivity contribution in [2.75, 3.05) is 49.9 Å². The Morgan fingerprint density at radius 3 is 2.52 bits per heavy atom. The third kappa shape index (κ3) is 6.57. The Morgan fingerprint density at radius 1 is 1.12 bits per heavy atom. The monoisotopic (exact) mass is 567 g/mol. The highest BCUT2D eigenvalue weighted by atomic mass is 32.2. The van der Waals surface area contributed by atoms with Gasteiger partial charge in [0.1, 0.15) is 4.91 Å². The van der Waals surface area contributed by atoms with Crippen molar-refractivity contribution in [3.8, 4) is 22.9 Å². The molecular formula is C28H34FN7O3S. The van der Waals surface area contributed by atoms with Gasteiger partial charge in [0.15, 0.2) is 11.6 Å². The molecule has 1 fully saturated rings. The van der Waals surface area contributed by atoms with Gasteiger partial charge in [-0.2, -0.15) is 4.98 Å². The van der Waals surface area contributed by atoms with Gasteiger partial charge in [0.05, 0.1) is 11.4 Å². The molecular weight excluding hydrogens is 533 g/mol. The summed E-state index contributed by atoms with van der Waals surface area (Å²) in [6.45, 7) is 7.10. The van der Waals surface area contributed by atoms with Gasteiger partial charge in [0.2, 0.25) is 11.8 Å². The highest BCUT2D eigenvalue weighted by Gasteiger charge is 2.23. The van der Waals surface area contributed by atoms with E-state index >= 15 is 4.39 Å². The summed E-state index contributed by atoms with van der Waals surface area (Å²) in [5, 5.41) is 0. The molecule has 3 N–H and O–H groups in total. The zero-order valence-corrected chi connectivity index (χ0v) is 23.8. The number of aliphatic imine (C=N–C) groups is 1. The minimum Gasteiger partial charge on any atom is -0.436 e. The molecule has 1 aromatic heterocycles. The number of hydrogen-bond acceptors (Lipinski definition) is 9. The first-order chi connectivity index (χ1) is 19.1. The number of sulfonamides is 1. The molecule has 212 valence electrons. The number of rotatable bonds is 9. The number of halogens is 1. The van der Waals surface area contributed by atoms with Crippen LogP contribution in [0.5, 0.6) is 11.6 Å². The van der Waals surface area contributed by atoms with E-state index in [1.165, 1.54) is 13.1 Å². The van der Waals surface area contributed by atoms with Crippen LogP contribution in [0.3, 0.4) is 0 Å². The topological polar surface area (TPSA) is 126 Å². The highest BCUT2D eigenvalue weighted by Crippen LogP contribution is 2.34. The van der Waals surface area contributed by atoms with E-state index in [0.29, 0.717) is 24.5 Å². The zero-order chi connectivity index (χ0) is 28.9. The molecule has 2 heterocycles. The molecule has 0 unspecified atom stereocenters. The average Bonchev–Trinajstić information content (AvgIpc) is 2.93. The van der Waals surface area contributed by atoms with Crippen LogP contribution >= 0.6 is 0 Å². The normalized spacial score (nSPS) is 15.2. The van der Waals surface area contributed by atoms with Gasteiger partial charge >= 0.3 is 0 Å². The fraction of sp³-hybridized carbons (Fsp3) is 0.321. The number of nitrogens with one attached hydrogen (secondary N) is 1. The molecule has 4 rings (SSSR count). The first-order valence-electron chi connectivity index (χ1n) is 12.9. The SMILES string of the molecule is CN=CC(=CN)S(=O)(=O)Nc1nc(Oc2cccc(N3CCN(C)CC3)c2F)cc(-c2ccccc2C(C)C)n1. The summed E-state index contributed by atoms with van der Waals surface area (Å²) in [5.74, 6) is -0.693. The van der Waals surface area contributed by atoms with Gasteiger partial charge in [-0.1, -0.05) is 44.2 Å². The van der Waals surface area contributed by atoms with Gasteiger partial charge < -0.3 is 20.3 Å². The van der Waals surface area contributed by atoms with E-state index in [4.69, 9.17) is 10.5 Å². The van der Waals surface area contributed by atoms with Crippen molar-refractivity contribution in [1.29, 1.82) is 0 Å². The smallest absolute Gasteiger partial charge is 0.267 e. The van der Waals surface area contributed by atoms with Crippen LogP contribution in [-0.2, 0) is 10.0 Å². The summed E-state index contributed by atoms with van der Waals surface area (Å²) in [4.78, 5) is 16.4. The first-order valence-corrected chi connectivity index (χ1v) is 14.4. The van der Waals surface area contributed by atoms with Crippen molar-refractivity contribution in [1.82, 2.24) is 14.9 Å². The Labute approximate surface area is 234 Å². The number of hydrogen-bond donors (Lipinski definition) is 2. The molecule has 1 aliphatic rings. The number of nitrogens with zero attached hydrogens (tertiary/aromatic N) is 5. The Kier molecular flexibility index (Phi) is 9.00. The zero-order valence-electron chi connectivity index (χ0n) is 23.0. The maximum Gasteiger partial charge on any atom is 0.267 e. The lowest BCUT2D eigenvalue weighted by Gasteiger charge is -2.34. The number of allylic oxidation sites excluding steroid dienone is 1. The minimum atomic E-state index is -4.17. The van der Waals surface area contributed by atoms with E-state index in [0.717, 1.165) is 36.6 Å². The van der Waals surface area contributed by atoms with Gasteiger partial charge in [0, 0.05) is 57.3 Å². The molecule has 0 saturated carbocycles. The van der Waals surface area contributed by atoms with Crippen molar-refractivity contribution in [3.05, 3.63) is 71.0 Å². The fourth-order valence-corrected chi connectivity index (χ4v) is 5.26. The Morgan fingerprint density at radius 2 is 1.85 bits per heavy atom. The van der Waals surface area contributed by atoms with Crippen LogP contribution < -0.4 is 20.1 Å². The van der Waals surface area contributed by atoms with Gasteiger partial charge in [-0.3, -0.25) is 4.99 Å². The van der Waals surface area contributed by atoms with Gasteiger partial charge in [-0.05, 0) is 30.7 Å². The van der Waals surface area contributed by atoms with Crippen LogP contribution in [-0.4, -0.2) is 69.8 Å². The van der Waals surface area contributed by atoms with E-state index in [-0.39, 0.29) is 28.4 Å². The van der Waals surface area contributed by atoms with Crippen LogP contribution in [0.2, 0.25) is 0 Å². The largest absolute Gasteiger partial charge is 0.436 e. The Hall–Kier alpha value is -4.03. The summed E-state index contributed by atoms with van der Waals surface area (Å²) in [5.41, 5.74) is 8.11. The molecule has 2 aromatic carbocycles. The molecule has 0 radical (unpaired) electrons. The van der Waals surface area contributed by atoms with Crippen molar-refractivity contribution >= 4 is 27.9 Å². The lowest BCUT2D eigenvalue weighted by Crippen LogP contribution is -2.44. The van der Waals surface area contributed by atoms with E-state index < -0.39 is 15.8 Å². The standard InChI is InChI=1S/C28H34FN7O3S/c1-19(2)21-8-5-6-9-22(21)23-16-26(33-28(32-23)34-40(37,38)20(17-30)18-31-3)39-25-11-7-10-24(27(25)29)36-14-12-35(4)13-15-36/h5-11,16-19H,12-15,30H2,1-4H3,(H,32,33,34). The molecule has 0 aliphatic carbocycles. The molecule has 10 nitrogen and oxygen atoms in total. The van der Waals surface area contributed by atoms with Gasteiger partial charge in [0.25, 0.3) is 10.0 Å². The number of likely N-dealkylation sites (N-methyl/N-ethyl adjacent to an activating group) is 1. The second-order valence-corrected chi connectivity index (χ2v) is 11.4. The summed E-state index contributed by atoms with van der Waals surface area (Å²) in [6.07, 6.45) is 2.03. The molecule has 3 aromatic rings. The van der Waals surface area contributed by atoms with Crippen LogP contribution in [0, 0.1) is 5.82 Å². The van der Waals surface area contributed by atoms with E-state index in [1.54, 1.807) is 18.2 Å². The molecule has 40 heavy (non-hydrogen) atoms. The first kappa shape index (κ1) is 29.0. The molecule has 0 spiro atoms. The van der Waals surface area contributed by atoms with E-state index in [1.807, 2.05) is 50.1 Å². The predicted molar refractivity (Wildman–Crippen MR) is 157 cm³/mol. The molecule has 1 aliphatic heterocycles. The number of anilines is 2. The third-order valence-corrected chi connectivity index (χ3v) is 7.83. The maximum absolute atomic E-state index is 15.7. The number of benzene rings is 2. The van der Waals surface area contributed by atoms with Crippen molar-refractivity contribution in [2.45, 2.75) is 19.8 Å². The Balaban J connectivity index is 1.77. The van der Waals surface area contributed by atoms with Crippen LogP contribution in [0.25, 0.3) is 11.3 Å². The quantitative estimate of drug-likeness (QED) is 0.369. The Bertz CT molecular complexity index is 1520. The molecule has 0 atom stereocenters. The second-order valence-electron chi connectivity index (χ2n) is 9.70. The number of aromatic nitrogens is 2. The van der Waals surface area contributed by atoms with Crippen molar-refractivity contribution < 1.29 is 17.5 Å². The maximum atomic E-state index is 15.7. The molecule has 0 bridgehead atoms. The van der Waals surface area contributed by atoms with E-state index in [2.05, 4.69) is 24.6 Å². The fourth-order valence-electron chi connectivity index (χ4n) is 4.39. The third-order valence-electron chi connectivity index (χ3n) is 6.52. The lowest BCUT2D eigenvalue weighted by molar-refractivity contribution is 0.311.